The number of imidazole rings is 1. The van der Waals surface area contributed by atoms with Crippen molar-refractivity contribution in [3.63, 3.8) is 0 Å². The molecule has 1 aliphatic carbocycles. The maximum Gasteiger partial charge on any atom is 0.110 e. The molecular weight excluding hydrogens is 316 g/mol. The lowest BCUT2D eigenvalue weighted by Crippen LogP contribution is -2.33. The molecule has 2 aromatic rings. The highest BCUT2D eigenvalue weighted by Crippen LogP contribution is 2.58. The number of nitrogens with zero attached hydrogens (tertiary/aromatic N) is 2. The molecule has 0 N–H and O–H groups in total. The summed E-state index contributed by atoms with van der Waals surface area (Å²) in [5.74, 6) is 3.90. The molecule has 1 aliphatic heterocycles. The Hall–Kier alpha value is -1.31. The Morgan fingerprint density at radius 1 is 1.15 bits per heavy atom. The van der Waals surface area contributed by atoms with Gasteiger partial charge in [-0.2, -0.15) is 0 Å². The second kappa shape index (κ2) is 7.02. The average molecular weight is 353 g/mol. The smallest absolute Gasteiger partial charge is 0.110 e. The van der Waals surface area contributed by atoms with Crippen LogP contribution in [0.1, 0.15) is 84.5 Å². The maximum atomic E-state index is 5.01. The van der Waals surface area contributed by atoms with Crippen molar-refractivity contribution in [3.05, 3.63) is 30.1 Å². The molecule has 2 heteroatoms. The fraction of sp³-hybridized carbons (Fsp3) is 0.708. The van der Waals surface area contributed by atoms with Gasteiger partial charge in [0, 0.05) is 12.5 Å². The zero-order valence-electron chi connectivity index (χ0n) is 17.2. The van der Waals surface area contributed by atoms with Gasteiger partial charge < -0.3 is 4.57 Å². The van der Waals surface area contributed by atoms with Crippen molar-refractivity contribution in [1.29, 1.82) is 0 Å². The van der Waals surface area contributed by atoms with Crippen LogP contribution < -0.4 is 0 Å². The Morgan fingerprint density at radius 3 is 2.77 bits per heavy atom. The molecule has 4 atom stereocenters. The molecule has 0 saturated heterocycles. The van der Waals surface area contributed by atoms with E-state index in [2.05, 4.69) is 56.5 Å². The van der Waals surface area contributed by atoms with E-state index in [4.69, 9.17) is 4.98 Å². The highest BCUT2D eigenvalue weighted by Gasteiger charge is 2.50. The van der Waals surface area contributed by atoms with E-state index in [-0.39, 0.29) is 0 Å². The molecule has 1 aromatic carbocycles. The summed E-state index contributed by atoms with van der Waals surface area (Å²) in [6, 6.07) is 9.43. The number of aromatic nitrogens is 2. The predicted molar refractivity (Wildman–Crippen MR) is 110 cm³/mol. The van der Waals surface area contributed by atoms with Gasteiger partial charge in [-0.1, -0.05) is 59.1 Å². The molecule has 0 bridgehead atoms. The van der Waals surface area contributed by atoms with Crippen LogP contribution in [0.3, 0.4) is 0 Å². The van der Waals surface area contributed by atoms with Gasteiger partial charge in [-0.15, -0.1) is 0 Å². The fourth-order valence-electron chi connectivity index (χ4n) is 6.25. The van der Waals surface area contributed by atoms with Crippen molar-refractivity contribution >= 4 is 11.0 Å². The Kier molecular flexibility index (Phi) is 4.88. The highest BCUT2D eigenvalue weighted by atomic mass is 15.1. The lowest BCUT2D eigenvalue weighted by atomic mass is 9.68. The first-order valence-electron chi connectivity index (χ1n) is 11.0. The molecule has 26 heavy (non-hydrogen) atoms. The summed E-state index contributed by atoms with van der Waals surface area (Å²) < 4.78 is 2.66. The summed E-state index contributed by atoms with van der Waals surface area (Å²) in [7, 11) is 0. The maximum absolute atomic E-state index is 5.01. The van der Waals surface area contributed by atoms with Crippen molar-refractivity contribution in [2.75, 3.05) is 0 Å². The van der Waals surface area contributed by atoms with Gasteiger partial charge in [0.05, 0.1) is 11.0 Å². The average Bonchev–Trinajstić information content (AvgIpc) is 3.08. The van der Waals surface area contributed by atoms with Crippen LogP contribution in [0, 0.1) is 23.2 Å². The molecule has 0 radical (unpaired) electrons. The van der Waals surface area contributed by atoms with Gasteiger partial charge in [-0.05, 0) is 61.0 Å². The summed E-state index contributed by atoms with van der Waals surface area (Å²) in [5, 5.41) is 0. The van der Waals surface area contributed by atoms with E-state index in [1.54, 1.807) is 0 Å². The lowest BCUT2D eigenvalue weighted by molar-refractivity contribution is 0.106. The summed E-state index contributed by atoms with van der Waals surface area (Å²) in [5.41, 5.74) is 3.00. The molecule has 2 aliphatic rings. The summed E-state index contributed by atoms with van der Waals surface area (Å²) in [6.07, 6.45) is 10.7. The third-order valence-electron chi connectivity index (χ3n) is 7.58. The first-order chi connectivity index (χ1) is 12.5. The number of aryl methyl sites for hydroxylation is 1. The van der Waals surface area contributed by atoms with Crippen molar-refractivity contribution in [3.8, 4) is 0 Å². The highest BCUT2D eigenvalue weighted by molar-refractivity contribution is 5.76. The first kappa shape index (κ1) is 18.1. The fourth-order valence-corrected chi connectivity index (χ4v) is 6.25. The van der Waals surface area contributed by atoms with Gasteiger partial charge in [0.1, 0.15) is 5.82 Å². The molecule has 2 nitrogen and oxygen atoms in total. The van der Waals surface area contributed by atoms with Gasteiger partial charge in [0.2, 0.25) is 0 Å². The molecule has 142 valence electrons. The van der Waals surface area contributed by atoms with Gasteiger partial charge in [-0.25, -0.2) is 4.98 Å². The number of para-hydroxylation sites is 2. The Bertz CT molecular complexity index is 759. The van der Waals surface area contributed by atoms with E-state index in [9.17, 15) is 0 Å². The minimum Gasteiger partial charge on any atom is -0.324 e. The minimum atomic E-state index is 0.436. The standard InChI is InChI=1S/C24H36N2/c1-17(2)9-7-10-18(3)19-14-15-22-24(19,4)16-8-13-23-25-20-11-5-6-12-21(20)26(22)23/h5-6,11-12,17-19,22H,7-10,13-16H2,1-4H3/t18?,19-,22-,24-/m1/s1. The molecule has 2 heterocycles. The number of fused-ring (bicyclic) bond motifs is 5. The molecule has 1 saturated carbocycles. The van der Waals surface area contributed by atoms with E-state index in [0.29, 0.717) is 11.5 Å². The summed E-state index contributed by atoms with van der Waals surface area (Å²) in [6.45, 7) is 9.86. The van der Waals surface area contributed by atoms with Crippen LogP contribution in [0.15, 0.2) is 24.3 Å². The van der Waals surface area contributed by atoms with Crippen LogP contribution in [0.2, 0.25) is 0 Å². The van der Waals surface area contributed by atoms with Crippen LogP contribution in [-0.4, -0.2) is 9.55 Å². The van der Waals surface area contributed by atoms with Crippen LogP contribution in [0.4, 0.5) is 0 Å². The van der Waals surface area contributed by atoms with Crippen molar-refractivity contribution in [1.82, 2.24) is 9.55 Å². The van der Waals surface area contributed by atoms with Crippen LogP contribution >= 0.6 is 0 Å². The van der Waals surface area contributed by atoms with Gasteiger partial charge in [0.25, 0.3) is 0 Å². The number of hydrogen-bond acceptors (Lipinski definition) is 1. The van der Waals surface area contributed by atoms with Crippen LogP contribution in [0.5, 0.6) is 0 Å². The number of rotatable bonds is 5. The molecule has 0 spiro atoms. The molecule has 4 rings (SSSR count). The number of benzene rings is 1. The van der Waals surface area contributed by atoms with E-state index in [0.717, 1.165) is 24.2 Å². The first-order valence-corrected chi connectivity index (χ1v) is 11.0. The molecular formula is C24H36N2. The SMILES string of the molecule is CC(C)CCCC(C)[C@H]1CC[C@H]2n3c(nc4ccccc43)CCC[C@]12C. The van der Waals surface area contributed by atoms with Crippen LogP contribution in [0.25, 0.3) is 11.0 Å². The topological polar surface area (TPSA) is 17.8 Å². The second-order valence-electron chi connectivity index (χ2n) is 9.75. The Labute approximate surface area is 159 Å². The summed E-state index contributed by atoms with van der Waals surface area (Å²) >= 11 is 0. The minimum absolute atomic E-state index is 0.436. The zero-order valence-corrected chi connectivity index (χ0v) is 17.2. The zero-order chi connectivity index (χ0) is 18.3. The molecule has 1 unspecified atom stereocenters. The van der Waals surface area contributed by atoms with E-state index in [1.807, 2.05) is 0 Å². The van der Waals surface area contributed by atoms with E-state index >= 15 is 0 Å². The van der Waals surface area contributed by atoms with Gasteiger partial charge >= 0.3 is 0 Å². The van der Waals surface area contributed by atoms with Crippen molar-refractivity contribution in [2.24, 2.45) is 23.2 Å². The normalized spacial score (nSPS) is 29.6. The number of hydrogen-bond donors (Lipinski definition) is 0. The van der Waals surface area contributed by atoms with Gasteiger partial charge in [-0.3, -0.25) is 0 Å². The molecule has 0 amide bonds. The van der Waals surface area contributed by atoms with E-state index < -0.39 is 0 Å². The summed E-state index contributed by atoms with van der Waals surface area (Å²) in [4.78, 5) is 5.01. The predicted octanol–water partition coefficient (Wildman–Crippen LogP) is 6.79. The third kappa shape index (κ3) is 3.00. The third-order valence-corrected chi connectivity index (χ3v) is 7.58. The van der Waals surface area contributed by atoms with E-state index in [1.165, 1.54) is 61.8 Å². The van der Waals surface area contributed by atoms with Crippen molar-refractivity contribution < 1.29 is 0 Å². The Morgan fingerprint density at radius 2 is 1.96 bits per heavy atom. The lowest BCUT2D eigenvalue weighted by Gasteiger charge is -2.40. The Balaban J connectivity index is 1.62. The quantitative estimate of drug-likeness (QED) is 0.579. The van der Waals surface area contributed by atoms with Crippen molar-refractivity contribution in [2.45, 2.75) is 85.1 Å². The second-order valence-corrected chi connectivity index (χ2v) is 9.75. The van der Waals surface area contributed by atoms with Crippen LogP contribution in [-0.2, 0) is 6.42 Å². The molecule has 1 aromatic heterocycles. The monoisotopic (exact) mass is 352 g/mol. The molecule has 1 fully saturated rings. The van der Waals surface area contributed by atoms with Gasteiger partial charge in [0.15, 0.2) is 0 Å². The largest absolute Gasteiger partial charge is 0.324 e.